The summed E-state index contributed by atoms with van der Waals surface area (Å²) in [6, 6.07) is 5.39. The highest BCUT2D eigenvalue weighted by Crippen LogP contribution is 2.27. The highest BCUT2D eigenvalue weighted by Gasteiger charge is 2.23. The predicted octanol–water partition coefficient (Wildman–Crippen LogP) is 2.14. The number of nitrogen functional groups attached to an aromatic ring is 1. The summed E-state index contributed by atoms with van der Waals surface area (Å²) >= 11 is 0. The zero-order valence-electron chi connectivity index (χ0n) is 16.8. The fraction of sp³-hybridized carbons (Fsp3) is 0.421. The molecule has 2 heterocycles. The van der Waals surface area contributed by atoms with E-state index < -0.39 is 5.60 Å². The molecule has 0 fully saturated rings. The zero-order chi connectivity index (χ0) is 20.5. The lowest BCUT2D eigenvalue weighted by Gasteiger charge is -2.26. The van der Waals surface area contributed by atoms with Gasteiger partial charge in [0.2, 0.25) is 5.95 Å². The van der Waals surface area contributed by atoms with E-state index in [1.165, 1.54) is 0 Å². The summed E-state index contributed by atoms with van der Waals surface area (Å²) in [7, 11) is 3.46. The Hall–Kier alpha value is -3.07. The van der Waals surface area contributed by atoms with Gasteiger partial charge in [-0.25, -0.2) is 4.98 Å². The van der Waals surface area contributed by atoms with E-state index in [9.17, 15) is 5.11 Å². The van der Waals surface area contributed by atoms with Crippen molar-refractivity contribution in [1.82, 2.24) is 19.5 Å². The SMILES string of the molecule is COc1cccc(CNc2nc(NC(C)C(C)(C)O)nc3c2ncn3C)c1N. The Morgan fingerprint density at radius 3 is 2.75 bits per heavy atom. The summed E-state index contributed by atoms with van der Waals surface area (Å²) in [5, 5.41) is 16.7. The highest BCUT2D eigenvalue weighted by atomic mass is 16.5. The third kappa shape index (κ3) is 3.94. The summed E-state index contributed by atoms with van der Waals surface area (Å²) in [5.41, 5.74) is 8.05. The Morgan fingerprint density at radius 2 is 2.07 bits per heavy atom. The van der Waals surface area contributed by atoms with Crippen molar-refractivity contribution < 1.29 is 9.84 Å². The number of hydrogen-bond acceptors (Lipinski definition) is 8. The van der Waals surface area contributed by atoms with Crippen molar-refractivity contribution in [2.45, 2.75) is 39.0 Å². The van der Waals surface area contributed by atoms with E-state index >= 15 is 0 Å². The molecule has 28 heavy (non-hydrogen) atoms. The van der Waals surface area contributed by atoms with Gasteiger partial charge in [0.15, 0.2) is 17.0 Å². The van der Waals surface area contributed by atoms with E-state index in [2.05, 4.69) is 25.6 Å². The van der Waals surface area contributed by atoms with E-state index in [0.29, 0.717) is 40.9 Å². The number of benzene rings is 1. The smallest absolute Gasteiger partial charge is 0.227 e. The van der Waals surface area contributed by atoms with Crippen molar-refractivity contribution >= 4 is 28.6 Å². The minimum Gasteiger partial charge on any atom is -0.495 e. The maximum atomic E-state index is 10.2. The quantitative estimate of drug-likeness (QED) is 0.456. The third-order valence-corrected chi connectivity index (χ3v) is 4.79. The monoisotopic (exact) mass is 385 g/mol. The van der Waals surface area contributed by atoms with Crippen LogP contribution in [0.25, 0.3) is 11.2 Å². The molecule has 9 nitrogen and oxygen atoms in total. The first-order chi connectivity index (χ1) is 13.2. The Kier molecular flexibility index (Phi) is 5.28. The molecule has 5 N–H and O–H groups in total. The maximum Gasteiger partial charge on any atom is 0.227 e. The van der Waals surface area contributed by atoms with E-state index in [4.69, 9.17) is 10.5 Å². The molecule has 0 aliphatic rings. The van der Waals surface area contributed by atoms with Crippen molar-refractivity contribution in [1.29, 1.82) is 0 Å². The molecule has 0 aliphatic carbocycles. The molecule has 1 aromatic carbocycles. The zero-order valence-corrected chi connectivity index (χ0v) is 16.8. The Labute approximate surface area is 164 Å². The minimum atomic E-state index is -0.923. The first-order valence-corrected chi connectivity index (χ1v) is 9.04. The second-order valence-corrected chi connectivity index (χ2v) is 7.33. The molecule has 1 atom stereocenters. The maximum absolute atomic E-state index is 10.2. The summed E-state index contributed by atoms with van der Waals surface area (Å²) in [5.74, 6) is 1.62. The number of hydrogen-bond donors (Lipinski definition) is 4. The van der Waals surface area contributed by atoms with Gasteiger partial charge in [-0.2, -0.15) is 9.97 Å². The number of aryl methyl sites for hydroxylation is 1. The number of ether oxygens (including phenoxy) is 1. The molecule has 0 saturated carbocycles. The molecule has 0 amide bonds. The van der Waals surface area contributed by atoms with Crippen LogP contribution in [-0.4, -0.2) is 43.4 Å². The molecular weight excluding hydrogens is 358 g/mol. The number of rotatable bonds is 7. The summed E-state index contributed by atoms with van der Waals surface area (Å²) < 4.78 is 7.10. The van der Waals surface area contributed by atoms with Crippen LogP contribution in [0, 0.1) is 0 Å². The fourth-order valence-electron chi connectivity index (χ4n) is 2.67. The number of para-hydroxylation sites is 1. The molecule has 150 valence electrons. The Balaban J connectivity index is 1.92. The van der Waals surface area contributed by atoms with Gasteiger partial charge in [0, 0.05) is 13.6 Å². The van der Waals surface area contributed by atoms with Crippen LogP contribution in [0.2, 0.25) is 0 Å². The third-order valence-electron chi connectivity index (χ3n) is 4.79. The van der Waals surface area contributed by atoms with Crippen LogP contribution in [0.5, 0.6) is 5.75 Å². The molecule has 9 heteroatoms. The first-order valence-electron chi connectivity index (χ1n) is 9.04. The average molecular weight is 385 g/mol. The second kappa shape index (κ2) is 7.51. The molecule has 3 rings (SSSR count). The highest BCUT2D eigenvalue weighted by molar-refractivity contribution is 5.84. The number of nitrogens with zero attached hydrogens (tertiary/aromatic N) is 4. The molecule has 0 saturated heterocycles. The largest absolute Gasteiger partial charge is 0.495 e. The lowest BCUT2D eigenvalue weighted by molar-refractivity contribution is 0.0646. The number of nitrogens with one attached hydrogen (secondary N) is 2. The average Bonchev–Trinajstić information content (AvgIpc) is 3.01. The van der Waals surface area contributed by atoms with E-state index in [-0.39, 0.29) is 6.04 Å². The number of anilines is 3. The normalized spacial score (nSPS) is 12.8. The fourth-order valence-corrected chi connectivity index (χ4v) is 2.67. The van der Waals surface area contributed by atoms with Gasteiger partial charge in [-0.1, -0.05) is 12.1 Å². The number of aliphatic hydroxyl groups is 1. The van der Waals surface area contributed by atoms with Crippen molar-refractivity contribution in [2.24, 2.45) is 7.05 Å². The van der Waals surface area contributed by atoms with E-state index in [1.807, 2.05) is 36.7 Å². The lowest BCUT2D eigenvalue weighted by Crippen LogP contribution is -2.39. The van der Waals surface area contributed by atoms with Crippen molar-refractivity contribution in [3.05, 3.63) is 30.1 Å². The van der Waals surface area contributed by atoms with Gasteiger partial charge in [0.05, 0.1) is 30.8 Å². The Morgan fingerprint density at radius 1 is 1.32 bits per heavy atom. The van der Waals surface area contributed by atoms with Crippen LogP contribution in [-0.2, 0) is 13.6 Å². The van der Waals surface area contributed by atoms with Crippen LogP contribution >= 0.6 is 0 Å². The lowest BCUT2D eigenvalue weighted by atomic mass is 10.0. The number of nitrogens with two attached hydrogens (primary N) is 1. The molecule has 0 radical (unpaired) electrons. The number of methoxy groups -OCH3 is 1. The van der Waals surface area contributed by atoms with Crippen LogP contribution in [0.3, 0.4) is 0 Å². The molecule has 2 aromatic heterocycles. The van der Waals surface area contributed by atoms with Gasteiger partial charge in [-0.05, 0) is 32.4 Å². The van der Waals surface area contributed by atoms with E-state index in [1.54, 1.807) is 27.3 Å². The molecule has 0 bridgehead atoms. The van der Waals surface area contributed by atoms with Gasteiger partial charge < -0.3 is 30.8 Å². The van der Waals surface area contributed by atoms with Gasteiger partial charge in [0.1, 0.15) is 5.75 Å². The number of aromatic nitrogens is 4. The summed E-state index contributed by atoms with van der Waals surface area (Å²) in [6.45, 7) is 5.79. The van der Waals surface area contributed by atoms with Gasteiger partial charge >= 0.3 is 0 Å². The van der Waals surface area contributed by atoms with Crippen LogP contribution in [0.15, 0.2) is 24.5 Å². The van der Waals surface area contributed by atoms with Gasteiger partial charge in [0.25, 0.3) is 0 Å². The molecule has 0 aliphatic heterocycles. The number of fused-ring (bicyclic) bond motifs is 1. The molecule has 1 unspecified atom stereocenters. The first kappa shape index (κ1) is 19.7. The van der Waals surface area contributed by atoms with E-state index in [0.717, 1.165) is 5.56 Å². The van der Waals surface area contributed by atoms with Crippen LogP contribution in [0.1, 0.15) is 26.3 Å². The minimum absolute atomic E-state index is 0.250. The second-order valence-electron chi connectivity index (χ2n) is 7.33. The molecular formula is C19H27N7O2. The topological polar surface area (TPSA) is 123 Å². The van der Waals surface area contributed by atoms with Crippen molar-refractivity contribution in [3.63, 3.8) is 0 Å². The molecule has 3 aromatic rings. The van der Waals surface area contributed by atoms with Crippen molar-refractivity contribution in [3.8, 4) is 5.75 Å². The summed E-state index contributed by atoms with van der Waals surface area (Å²) in [6.07, 6.45) is 1.69. The summed E-state index contributed by atoms with van der Waals surface area (Å²) in [4.78, 5) is 13.5. The van der Waals surface area contributed by atoms with Crippen LogP contribution in [0.4, 0.5) is 17.5 Å². The molecule has 0 spiro atoms. The standard InChI is InChI=1S/C19H27N7O2/c1-11(19(2,3)27)23-18-24-16(15-17(25-18)26(4)10-22-15)21-9-12-7-6-8-13(28-5)14(12)20/h6-8,10-11,27H,9,20H2,1-5H3,(H2,21,23,24,25). The van der Waals surface area contributed by atoms with Gasteiger partial charge in [-0.3, -0.25) is 0 Å². The Bertz CT molecular complexity index is 978. The van der Waals surface area contributed by atoms with Crippen LogP contribution < -0.4 is 21.1 Å². The predicted molar refractivity (Wildman–Crippen MR) is 110 cm³/mol. The van der Waals surface area contributed by atoms with Gasteiger partial charge in [-0.15, -0.1) is 0 Å². The van der Waals surface area contributed by atoms with Crippen molar-refractivity contribution in [2.75, 3.05) is 23.5 Å². The number of imidazole rings is 1.